The van der Waals surface area contributed by atoms with Gasteiger partial charge in [0.2, 0.25) is 0 Å². The van der Waals surface area contributed by atoms with Crippen LogP contribution in [0.4, 0.5) is 10.5 Å². The normalized spacial score (nSPS) is 28.9. The number of nitrogens with one attached hydrogen (secondary N) is 2. The minimum Gasteiger partial charge on any atom is -0.501 e. The lowest BCUT2D eigenvalue weighted by Crippen LogP contribution is -2.53. The third kappa shape index (κ3) is 6.90. The fourth-order valence-electron chi connectivity index (χ4n) is 7.06. The maximum Gasteiger partial charge on any atom is 0.321 e. The van der Waals surface area contributed by atoms with Gasteiger partial charge in [0.05, 0.1) is 12.9 Å². The van der Waals surface area contributed by atoms with Crippen molar-refractivity contribution in [3.63, 3.8) is 0 Å². The van der Waals surface area contributed by atoms with Crippen LogP contribution in [0.25, 0.3) is 0 Å². The van der Waals surface area contributed by atoms with Crippen molar-refractivity contribution in [3.05, 3.63) is 71.5 Å². The third-order valence-electron chi connectivity index (χ3n) is 9.02. The molecule has 2 aromatic carbocycles. The van der Waals surface area contributed by atoms with Crippen LogP contribution in [-0.2, 0) is 4.74 Å². The summed E-state index contributed by atoms with van der Waals surface area (Å²) in [6.45, 7) is 2.37. The number of ether oxygens (including phenoxy) is 2. The van der Waals surface area contributed by atoms with Crippen LogP contribution >= 0.6 is 11.6 Å². The number of likely N-dealkylation sites (tertiary alicyclic amines) is 1. The van der Waals surface area contributed by atoms with Crippen LogP contribution in [0.3, 0.4) is 0 Å². The molecular weight excluding hydrogens is 510 g/mol. The maximum atomic E-state index is 12.9. The summed E-state index contributed by atoms with van der Waals surface area (Å²) in [5.41, 5.74) is 2.11. The first-order valence-electron chi connectivity index (χ1n) is 14.7. The second kappa shape index (κ2) is 12.2. The van der Waals surface area contributed by atoms with Crippen molar-refractivity contribution < 1.29 is 14.3 Å². The molecule has 0 saturated carbocycles. The molecule has 208 valence electrons. The number of amides is 2. The van der Waals surface area contributed by atoms with E-state index in [-0.39, 0.29) is 12.1 Å². The molecule has 0 radical (unpaired) electrons. The Balaban J connectivity index is 0.947. The lowest BCUT2D eigenvalue weighted by Gasteiger charge is -2.44. The quantitative estimate of drug-likeness (QED) is 0.408. The highest BCUT2D eigenvalue weighted by molar-refractivity contribution is 6.30. The Morgan fingerprint density at radius 1 is 0.974 bits per heavy atom. The molecule has 0 aliphatic carbocycles. The first-order valence-corrected chi connectivity index (χ1v) is 15.1. The number of fused-ring (bicyclic) bond motifs is 2. The standard InChI is InChI=1S/C32H40ClN3O3/c33-26-3-1-24(2-4-26)25-9-13-36(14-10-25)32(37)35-27-5-7-30(8-6-27)39-31-20-28-18-23(19-29(21-31)34-28)17-22-11-15-38-16-12-22/h1-8,11,15,22-23,25,28-29,31,34H,9-10,12-14,16-21H2,(H,35,37)/t22?,23?,28-,29?,31?/m1/s1. The summed E-state index contributed by atoms with van der Waals surface area (Å²) in [6, 6.07) is 17.0. The molecular formula is C32H40ClN3O3. The van der Waals surface area contributed by atoms with Crippen molar-refractivity contribution in [1.29, 1.82) is 0 Å². The number of piperidine rings is 3. The first kappa shape index (κ1) is 26.5. The van der Waals surface area contributed by atoms with Crippen LogP contribution in [0.1, 0.15) is 62.8 Å². The molecule has 2 amide bonds. The molecule has 4 unspecified atom stereocenters. The number of nitrogens with zero attached hydrogens (tertiary/aromatic N) is 1. The highest BCUT2D eigenvalue weighted by Crippen LogP contribution is 2.36. The molecule has 3 saturated heterocycles. The fourth-order valence-corrected chi connectivity index (χ4v) is 7.18. The Kier molecular flexibility index (Phi) is 8.31. The lowest BCUT2D eigenvalue weighted by molar-refractivity contribution is 0.0679. The van der Waals surface area contributed by atoms with Crippen LogP contribution < -0.4 is 15.4 Å². The van der Waals surface area contributed by atoms with E-state index in [1.807, 2.05) is 47.6 Å². The molecule has 4 aliphatic rings. The van der Waals surface area contributed by atoms with Crippen LogP contribution in [0.2, 0.25) is 5.02 Å². The van der Waals surface area contributed by atoms with Crippen LogP contribution in [0.15, 0.2) is 60.9 Å². The lowest BCUT2D eigenvalue weighted by atomic mass is 9.75. The average molecular weight is 550 g/mol. The van der Waals surface area contributed by atoms with Gasteiger partial charge in [0, 0.05) is 35.9 Å². The summed E-state index contributed by atoms with van der Waals surface area (Å²) in [5, 5.41) is 7.66. The minimum atomic E-state index is -0.0322. The first-order chi connectivity index (χ1) is 19.1. The Bertz CT molecular complexity index is 1120. The zero-order valence-corrected chi connectivity index (χ0v) is 23.3. The molecule has 5 atom stereocenters. The summed E-state index contributed by atoms with van der Waals surface area (Å²) in [4.78, 5) is 14.8. The second-order valence-electron chi connectivity index (χ2n) is 11.9. The number of carbonyl (C=O) groups excluding carboxylic acids is 1. The maximum absolute atomic E-state index is 12.9. The Labute approximate surface area is 237 Å². The van der Waals surface area contributed by atoms with Gasteiger partial charge in [0.1, 0.15) is 11.9 Å². The molecule has 2 N–H and O–H groups in total. The Hall–Kier alpha value is -2.70. The van der Waals surface area contributed by atoms with Gasteiger partial charge in [0.25, 0.3) is 0 Å². The number of benzene rings is 2. The number of rotatable bonds is 6. The van der Waals surface area contributed by atoms with E-state index >= 15 is 0 Å². The minimum absolute atomic E-state index is 0.0322. The SMILES string of the molecule is O=C(Nc1ccc(OC2CC3CC(CC4C=COCC4)C[C@H](C2)N3)cc1)N1CCC(c2ccc(Cl)cc2)CC1. The monoisotopic (exact) mass is 549 g/mol. The number of urea groups is 1. The van der Waals surface area contributed by atoms with Gasteiger partial charge in [-0.15, -0.1) is 0 Å². The number of halogens is 1. The van der Waals surface area contributed by atoms with Gasteiger partial charge in [0.15, 0.2) is 0 Å². The smallest absolute Gasteiger partial charge is 0.321 e. The molecule has 0 spiro atoms. The number of hydrogen-bond acceptors (Lipinski definition) is 4. The molecule has 6 rings (SSSR count). The predicted octanol–water partition coefficient (Wildman–Crippen LogP) is 6.97. The number of allylic oxidation sites excluding steroid dienone is 1. The van der Waals surface area contributed by atoms with Gasteiger partial charge in [-0.3, -0.25) is 0 Å². The molecule has 2 bridgehead atoms. The topological polar surface area (TPSA) is 62.8 Å². The predicted molar refractivity (Wildman–Crippen MR) is 155 cm³/mol. The van der Waals surface area contributed by atoms with Crippen LogP contribution in [0.5, 0.6) is 5.75 Å². The van der Waals surface area contributed by atoms with E-state index in [2.05, 4.69) is 28.8 Å². The molecule has 0 aromatic heterocycles. The molecule has 2 aromatic rings. The summed E-state index contributed by atoms with van der Waals surface area (Å²) in [5.74, 6) is 2.83. The molecule has 4 heterocycles. The summed E-state index contributed by atoms with van der Waals surface area (Å²) in [7, 11) is 0. The van der Waals surface area contributed by atoms with E-state index in [1.54, 1.807) is 0 Å². The fraction of sp³-hybridized carbons (Fsp3) is 0.531. The molecule has 4 aliphatic heterocycles. The van der Waals surface area contributed by atoms with Gasteiger partial charge in [-0.25, -0.2) is 4.79 Å². The van der Waals surface area contributed by atoms with Crippen molar-refractivity contribution in [2.24, 2.45) is 11.8 Å². The van der Waals surface area contributed by atoms with E-state index < -0.39 is 0 Å². The van der Waals surface area contributed by atoms with E-state index in [0.717, 1.165) is 74.2 Å². The summed E-state index contributed by atoms with van der Waals surface area (Å²) in [6.07, 6.45) is 13.4. The van der Waals surface area contributed by atoms with E-state index in [9.17, 15) is 4.79 Å². The Morgan fingerprint density at radius 3 is 2.36 bits per heavy atom. The highest BCUT2D eigenvalue weighted by Gasteiger charge is 2.37. The van der Waals surface area contributed by atoms with Crippen molar-refractivity contribution in [2.75, 3.05) is 25.0 Å². The molecule has 39 heavy (non-hydrogen) atoms. The highest BCUT2D eigenvalue weighted by atomic mass is 35.5. The second-order valence-corrected chi connectivity index (χ2v) is 12.3. The number of anilines is 1. The van der Waals surface area contributed by atoms with E-state index in [0.29, 0.717) is 23.9 Å². The summed E-state index contributed by atoms with van der Waals surface area (Å²) >= 11 is 6.03. The average Bonchev–Trinajstić information content (AvgIpc) is 2.95. The Morgan fingerprint density at radius 2 is 1.69 bits per heavy atom. The van der Waals surface area contributed by atoms with Crippen LogP contribution in [0, 0.1) is 11.8 Å². The zero-order chi connectivity index (χ0) is 26.6. The van der Waals surface area contributed by atoms with Gasteiger partial charge < -0.3 is 25.0 Å². The number of carbonyl (C=O) groups is 1. The molecule has 6 nitrogen and oxygen atoms in total. The summed E-state index contributed by atoms with van der Waals surface area (Å²) < 4.78 is 11.8. The zero-order valence-electron chi connectivity index (χ0n) is 22.6. The van der Waals surface area contributed by atoms with Crippen molar-refractivity contribution in [3.8, 4) is 5.75 Å². The molecule has 3 fully saturated rings. The van der Waals surface area contributed by atoms with Crippen molar-refractivity contribution in [1.82, 2.24) is 10.2 Å². The van der Waals surface area contributed by atoms with Crippen molar-refractivity contribution in [2.45, 2.75) is 75.5 Å². The van der Waals surface area contributed by atoms with Gasteiger partial charge >= 0.3 is 6.03 Å². The van der Waals surface area contributed by atoms with E-state index in [4.69, 9.17) is 21.1 Å². The van der Waals surface area contributed by atoms with Crippen LogP contribution in [-0.4, -0.2) is 48.8 Å². The van der Waals surface area contributed by atoms with E-state index in [1.165, 1.54) is 24.8 Å². The number of hydrogen-bond donors (Lipinski definition) is 2. The van der Waals surface area contributed by atoms with Crippen molar-refractivity contribution >= 4 is 23.3 Å². The van der Waals surface area contributed by atoms with Gasteiger partial charge in [-0.05, 0) is 117 Å². The third-order valence-corrected chi connectivity index (χ3v) is 9.28. The van der Waals surface area contributed by atoms with Gasteiger partial charge in [-0.2, -0.15) is 0 Å². The largest absolute Gasteiger partial charge is 0.501 e. The molecule has 7 heteroatoms. The van der Waals surface area contributed by atoms with Gasteiger partial charge in [-0.1, -0.05) is 23.7 Å².